The van der Waals surface area contributed by atoms with Crippen molar-refractivity contribution >= 4 is 17.7 Å². The number of hydrogen-bond donors (Lipinski definition) is 2. The van der Waals surface area contributed by atoms with Gasteiger partial charge in [-0.1, -0.05) is 26.0 Å². The predicted molar refractivity (Wildman–Crippen MR) is 104 cm³/mol. The van der Waals surface area contributed by atoms with Gasteiger partial charge in [-0.25, -0.2) is 4.79 Å². The van der Waals surface area contributed by atoms with Gasteiger partial charge in [-0.15, -0.1) is 0 Å². The van der Waals surface area contributed by atoms with Gasteiger partial charge >= 0.3 is 6.09 Å². The molecule has 0 aromatic heterocycles. The first-order valence-corrected chi connectivity index (χ1v) is 9.77. The molecule has 0 aliphatic carbocycles. The Morgan fingerprint density at radius 1 is 1.26 bits per heavy atom. The van der Waals surface area contributed by atoms with Crippen molar-refractivity contribution in [1.29, 1.82) is 0 Å². The molecule has 7 nitrogen and oxygen atoms in total. The molecule has 2 atom stereocenters. The molecule has 0 aromatic rings. The van der Waals surface area contributed by atoms with Crippen molar-refractivity contribution in [3.8, 4) is 0 Å². The molecule has 1 saturated heterocycles. The van der Waals surface area contributed by atoms with E-state index in [9.17, 15) is 14.4 Å². The Morgan fingerprint density at radius 2 is 1.96 bits per heavy atom. The maximum atomic E-state index is 13.2. The number of hydrogen-bond acceptors (Lipinski definition) is 6. The van der Waals surface area contributed by atoms with Gasteiger partial charge < -0.3 is 15.0 Å². The molecule has 0 radical (unpaired) electrons. The van der Waals surface area contributed by atoms with Crippen molar-refractivity contribution in [3.63, 3.8) is 0 Å². The fourth-order valence-corrected chi connectivity index (χ4v) is 3.88. The standard InChI is InChI=1S/C20H33N3O4/c1-14(2)17(25)19(5)8-6-7-11-27-18(26)23-10-9-20(13-23,22-15(3)4)16(24)12-21-19/h6-7,14-15,21-22H,8-13H2,1-5H3/b7-6+. The lowest BCUT2D eigenvalue weighted by atomic mass is 9.84. The topological polar surface area (TPSA) is 87.7 Å². The zero-order chi connectivity index (χ0) is 20.2. The maximum Gasteiger partial charge on any atom is 0.410 e. The summed E-state index contributed by atoms with van der Waals surface area (Å²) in [5.74, 6) is -0.118. The predicted octanol–water partition coefficient (Wildman–Crippen LogP) is 1.67. The average Bonchev–Trinajstić information content (AvgIpc) is 3.02. The second-order valence-corrected chi connectivity index (χ2v) is 8.43. The van der Waals surface area contributed by atoms with Crippen LogP contribution in [0.25, 0.3) is 0 Å². The highest BCUT2D eigenvalue weighted by Gasteiger charge is 2.47. The lowest BCUT2D eigenvalue weighted by Crippen LogP contribution is -2.61. The van der Waals surface area contributed by atoms with Gasteiger partial charge in [-0.2, -0.15) is 0 Å². The van der Waals surface area contributed by atoms with Crippen LogP contribution in [0, 0.1) is 5.92 Å². The number of rotatable bonds is 4. The fourth-order valence-electron chi connectivity index (χ4n) is 3.88. The first-order chi connectivity index (χ1) is 12.6. The number of cyclic esters (lactones) is 1. The Hall–Kier alpha value is -1.73. The Kier molecular flexibility index (Phi) is 6.81. The number of Topliss-reactive ketones (excluding diaryl/α,β-unsaturated/α-hetero) is 2. The summed E-state index contributed by atoms with van der Waals surface area (Å²) in [6, 6.07) is 0.0888. The van der Waals surface area contributed by atoms with E-state index in [4.69, 9.17) is 4.74 Å². The van der Waals surface area contributed by atoms with E-state index in [-0.39, 0.29) is 43.2 Å². The summed E-state index contributed by atoms with van der Waals surface area (Å²) < 4.78 is 5.30. The molecule has 2 rings (SSSR count). The monoisotopic (exact) mass is 379 g/mol. The number of nitrogens with one attached hydrogen (secondary N) is 2. The van der Waals surface area contributed by atoms with E-state index in [0.717, 1.165) is 0 Å². The van der Waals surface area contributed by atoms with E-state index in [0.29, 0.717) is 19.4 Å². The summed E-state index contributed by atoms with van der Waals surface area (Å²) >= 11 is 0. The smallest absolute Gasteiger partial charge is 0.410 e. The van der Waals surface area contributed by atoms with Crippen molar-refractivity contribution in [3.05, 3.63) is 12.2 Å². The van der Waals surface area contributed by atoms with E-state index in [1.807, 2.05) is 40.7 Å². The average molecular weight is 380 g/mol. The van der Waals surface area contributed by atoms with Crippen molar-refractivity contribution in [2.45, 2.75) is 64.6 Å². The largest absolute Gasteiger partial charge is 0.445 e. The number of carbonyl (C=O) groups excluding carboxylic acids is 3. The van der Waals surface area contributed by atoms with E-state index >= 15 is 0 Å². The molecule has 0 saturated carbocycles. The second-order valence-electron chi connectivity index (χ2n) is 8.43. The van der Waals surface area contributed by atoms with Gasteiger partial charge in [0.15, 0.2) is 11.6 Å². The van der Waals surface area contributed by atoms with Crippen molar-refractivity contribution in [2.24, 2.45) is 5.92 Å². The van der Waals surface area contributed by atoms with Crippen LogP contribution in [0.15, 0.2) is 12.2 Å². The van der Waals surface area contributed by atoms with Crippen molar-refractivity contribution in [1.82, 2.24) is 15.5 Å². The molecule has 27 heavy (non-hydrogen) atoms. The van der Waals surface area contributed by atoms with Crippen LogP contribution in [-0.2, 0) is 14.3 Å². The molecule has 7 heteroatoms. The minimum absolute atomic E-state index is 0.0301. The van der Waals surface area contributed by atoms with Gasteiger partial charge in [0.2, 0.25) is 0 Å². The third-order valence-electron chi connectivity index (χ3n) is 5.33. The summed E-state index contributed by atoms with van der Waals surface area (Å²) in [4.78, 5) is 39.8. The van der Waals surface area contributed by atoms with Gasteiger partial charge in [0, 0.05) is 25.0 Å². The van der Waals surface area contributed by atoms with E-state index in [2.05, 4.69) is 10.6 Å². The first kappa shape index (κ1) is 21.6. The zero-order valence-electron chi connectivity index (χ0n) is 17.1. The van der Waals surface area contributed by atoms with Gasteiger partial charge in [0.1, 0.15) is 6.61 Å². The van der Waals surface area contributed by atoms with Crippen LogP contribution in [0.1, 0.15) is 47.5 Å². The van der Waals surface area contributed by atoms with E-state index in [1.165, 1.54) is 0 Å². The summed E-state index contributed by atoms with van der Waals surface area (Å²) in [7, 11) is 0. The maximum absolute atomic E-state index is 13.2. The number of nitrogens with zero attached hydrogens (tertiary/aromatic N) is 1. The molecule has 2 heterocycles. The van der Waals surface area contributed by atoms with Crippen LogP contribution in [0.2, 0.25) is 0 Å². The molecule has 0 spiro atoms. The molecule has 2 aliphatic heterocycles. The fraction of sp³-hybridized carbons (Fsp3) is 0.750. The second kappa shape index (κ2) is 8.52. The molecular formula is C20H33N3O4. The van der Waals surface area contributed by atoms with Gasteiger partial charge in [-0.3, -0.25) is 14.9 Å². The first-order valence-electron chi connectivity index (χ1n) is 9.77. The number of ketones is 2. The molecule has 2 unspecified atom stereocenters. The summed E-state index contributed by atoms with van der Waals surface area (Å²) in [5, 5.41) is 6.59. The third kappa shape index (κ3) is 4.96. The molecule has 2 bridgehead atoms. The van der Waals surface area contributed by atoms with Gasteiger partial charge in [0.25, 0.3) is 0 Å². The molecule has 0 aromatic carbocycles. The van der Waals surface area contributed by atoms with Crippen LogP contribution in [-0.4, -0.2) is 65.9 Å². The summed E-state index contributed by atoms with van der Waals surface area (Å²) in [6.07, 6.45) is 4.14. The van der Waals surface area contributed by atoms with Crippen molar-refractivity contribution in [2.75, 3.05) is 26.2 Å². The number of carbonyl (C=O) groups is 3. The van der Waals surface area contributed by atoms with Gasteiger partial charge in [-0.05, 0) is 33.6 Å². The highest BCUT2D eigenvalue weighted by atomic mass is 16.6. The van der Waals surface area contributed by atoms with E-state index < -0.39 is 17.2 Å². The molecule has 2 N–H and O–H groups in total. The number of amides is 1. The highest BCUT2D eigenvalue weighted by molar-refractivity contribution is 5.94. The Bertz CT molecular complexity index is 616. The lowest BCUT2D eigenvalue weighted by molar-refractivity contribution is -0.129. The SMILES string of the molecule is CC(C)NC12CCN(C1)C(=O)OC/C=C/CC(C)(C(=O)C(C)C)NCC2=O. The lowest BCUT2D eigenvalue weighted by Gasteiger charge is -2.34. The Balaban J connectivity index is 2.31. The quantitative estimate of drug-likeness (QED) is 0.723. The van der Waals surface area contributed by atoms with Crippen LogP contribution in [0.5, 0.6) is 0 Å². The summed E-state index contributed by atoms with van der Waals surface area (Å²) in [6.45, 7) is 10.5. The van der Waals surface area contributed by atoms with Crippen LogP contribution < -0.4 is 10.6 Å². The van der Waals surface area contributed by atoms with Crippen LogP contribution in [0.4, 0.5) is 4.79 Å². The normalized spacial score (nSPS) is 31.3. The molecule has 152 valence electrons. The highest BCUT2D eigenvalue weighted by Crippen LogP contribution is 2.25. The van der Waals surface area contributed by atoms with Gasteiger partial charge in [0.05, 0.1) is 17.6 Å². The van der Waals surface area contributed by atoms with Crippen molar-refractivity contribution < 1.29 is 19.1 Å². The zero-order valence-corrected chi connectivity index (χ0v) is 17.1. The molecule has 1 fully saturated rings. The summed E-state index contributed by atoms with van der Waals surface area (Å²) in [5.41, 5.74) is -1.65. The minimum atomic E-state index is -0.838. The third-order valence-corrected chi connectivity index (χ3v) is 5.33. The molecule has 1 amide bonds. The van der Waals surface area contributed by atoms with Crippen LogP contribution in [0.3, 0.4) is 0 Å². The van der Waals surface area contributed by atoms with Crippen LogP contribution >= 0.6 is 0 Å². The van der Waals surface area contributed by atoms with E-state index in [1.54, 1.807) is 11.0 Å². The molecule has 2 aliphatic rings. The molecular weight excluding hydrogens is 346 g/mol. The number of ether oxygens (including phenoxy) is 1. The number of fused-ring (bicyclic) bond motifs is 2. The Morgan fingerprint density at radius 3 is 2.59 bits per heavy atom. The minimum Gasteiger partial charge on any atom is -0.445 e. The Labute approximate surface area is 161 Å².